The summed E-state index contributed by atoms with van der Waals surface area (Å²) < 4.78 is 100. The van der Waals surface area contributed by atoms with Gasteiger partial charge in [0.15, 0.2) is 6.67 Å². The van der Waals surface area contributed by atoms with Crippen LogP contribution in [-0.4, -0.2) is 58.1 Å². The average molecular weight is 624 g/mol. The number of hydrogen-bond donors (Lipinski definition) is 0. The van der Waals surface area contributed by atoms with Crippen LogP contribution >= 0.6 is 0 Å². The van der Waals surface area contributed by atoms with Crippen LogP contribution in [0.25, 0.3) is 11.1 Å². The summed E-state index contributed by atoms with van der Waals surface area (Å²) in [5.41, 5.74) is -0.778. The summed E-state index contributed by atoms with van der Waals surface area (Å²) in [4.78, 5) is 44.3. The number of imide groups is 1. The highest BCUT2D eigenvalue weighted by molar-refractivity contribution is 6.06. The predicted octanol–water partition coefficient (Wildman–Crippen LogP) is 6.05. The number of carbonyl (C=O) groups is 3. The number of rotatable bonds is 8. The van der Waals surface area contributed by atoms with Crippen LogP contribution < -0.4 is 0 Å². The molecule has 1 aliphatic heterocycles. The highest BCUT2D eigenvalue weighted by atomic mass is 19.4. The van der Waals surface area contributed by atoms with Gasteiger partial charge in [0.05, 0.1) is 0 Å². The number of hydrogen-bond acceptors (Lipinski definition) is 5. The molecule has 0 N–H and O–H groups in total. The molecule has 2 atom stereocenters. The van der Waals surface area contributed by atoms with Gasteiger partial charge in [-0.1, -0.05) is 30.3 Å². The Morgan fingerprint density at radius 3 is 2.41 bits per heavy atom. The third kappa shape index (κ3) is 5.60. The van der Waals surface area contributed by atoms with Crippen LogP contribution in [0.4, 0.5) is 35.5 Å². The summed E-state index contributed by atoms with van der Waals surface area (Å²) in [5, 5.41) is 0. The molecule has 1 saturated heterocycles. The van der Waals surface area contributed by atoms with E-state index in [4.69, 9.17) is 4.74 Å². The summed E-state index contributed by atoms with van der Waals surface area (Å²) in [7, 11) is 0. The molecule has 0 bridgehead atoms. The zero-order chi connectivity index (χ0) is 32.0. The second-order valence-corrected chi connectivity index (χ2v) is 10.6. The molecule has 0 radical (unpaired) electrons. The Bertz CT molecular complexity index is 1610. The van der Waals surface area contributed by atoms with Crippen molar-refractivity contribution in [2.45, 2.75) is 50.1 Å². The van der Waals surface area contributed by atoms with E-state index in [2.05, 4.69) is 4.98 Å². The zero-order valence-corrected chi connectivity index (χ0v) is 23.0. The van der Waals surface area contributed by atoms with Crippen LogP contribution in [0, 0.1) is 5.82 Å². The lowest BCUT2D eigenvalue weighted by atomic mass is 9.93. The first-order chi connectivity index (χ1) is 20.7. The van der Waals surface area contributed by atoms with Crippen LogP contribution in [0.5, 0.6) is 0 Å². The molecule has 14 heteroatoms. The first kappa shape index (κ1) is 31.0. The molecule has 0 saturated carbocycles. The number of fused-ring (bicyclic) bond motifs is 2. The fourth-order valence-corrected chi connectivity index (χ4v) is 5.34. The molecule has 2 aliphatic rings. The summed E-state index contributed by atoms with van der Waals surface area (Å²) in [6.07, 6.45) is -3.72. The van der Waals surface area contributed by atoms with Crippen LogP contribution in [-0.2, 0) is 38.8 Å². The van der Waals surface area contributed by atoms with Crippen LogP contribution in [0.3, 0.4) is 0 Å². The molecule has 3 aromatic rings. The summed E-state index contributed by atoms with van der Waals surface area (Å²) in [5.74, 6) is -6.48. The van der Waals surface area contributed by atoms with Crippen LogP contribution in [0.15, 0.2) is 60.9 Å². The van der Waals surface area contributed by atoms with E-state index in [1.165, 1.54) is 30.5 Å². The quantitative estimate of drug-likeness (QED) is 0.286. The van der Waals surface area contributed by atoms with Gasteiger partial charge in [0.25, 0.3) is 5.91 Å². The van der Waals surface area contributed by atoms with Gasteiger partial charge in [0.1, 0.15) is 18.4 Å². The molecule has 1 fully saturated rings. The van der Waals surface area contributed by atoms with Gasteiger partial charge in [0.2, 0.25) is 11.5 Å². The van der Waals surface area contributed by atoms with Gasteiger partial charge in [-0.05, 0) is 48.2 Å². The summed E-state index contributed by atoms with van der Waals surface area (Å²) in [6.45, 7) is -2.76. The van der Waals surface area contributed by atoms with E-state index in [0.29, 0.717) is 20.9 Å². The predicted molar refractivity (Wildman–Crippen MR) is 140 cm³/mol. The first-order valence-corrected chi connectivity index (χ1v) is 13.3. The van der Waals surface area contributed by atoms with Crippen molar-refractivity contribution < 1.29 is 49.9 Å². The van der Waals surface area contributed by atoms with E-state index < -0.39 is 72.8 Å². The molecule has 1 spiro atoms. The minimum atomic E-state index is -4.84. The van der Waals surface area contributed by atoms with Crippen molar-refractivity contribution in [3.8, 4) is 11.1 Å². The molecule has 44 heavy (non-hydrogen) atoms. The lowest BCUT2D eigenvalue weighted by Crippen LogP contribution is -2.51. The second-order valence-electron chi connectivity index (χ2n) is 10.6. The minimum Gasteiger partial charge on any atom is -0.427 e. The van der Waals surface area contributed by atoms with Gasteiger partial charge in [-0.25, -0.2) is 18.5 Å². The molecule has 5 rings (SSSR count). The monoisotopic (exact) mass is 623 g/mol. The standard InChI is InChI=1S/C30H24F7N3O4/c1-17(30(35,36)37)39(14-18-2-5-23(32)6-3-18)25(41)15-40-26(42)28(44-27(40)43)9-8-20-10-19(4-7-24(20)28)21-11-22(13-38-12-21)29(33,34)16-31/h2-7,10-13,17H,8-9,14-16H2,1H3/t17-,28+/m0/s1. The molecule has 1 aliphatic carbocycles. The van der Waals surface area contributed by atoms with Crippen molar-refractivity contribution in [2.24, 2.45) is 0 Å². The number of carbonyl (C=O) groups excluding carboxylic acids is 3. The Labute approximate surface area is 246 Å². The highest BCUT2D eigenvalue weighted by Gasteiger charge is 2.58. The van der Waals surface area contributed by atoms with Crippen LogP contribution in [0.2, 0.25) is 0 Å². The number of benzene rings is 2. The average Bonchev–Trinajstić information content (AvgIpc) is 3.47. The number of pyridine rings is 1. The largest absolute Gasteiger partial charge is 0.427 e. The Hall–Kier alpha value is -4.49. The number of aromatic nitrogens is 1. The van der Waals surface area contributed by atoms with E-state index >= 15 is 0 Å². The molecule has 0 unspecified atom stereocenters. The van der Waals surface area contributed by atoms with Gasteiger partial charge in [0, 0.05) is 42.0 Å². The molecule has 3 amide bonds. The number of amides is 3. The third-order valence-electron chi connectivity index (χ3n) is 7.84. The molecule has 232 valence electrons. The molecular weight excluding hydrogens is 599 g/mol. The van der Waals surface area contributed by atoms with E-state index in [9.17, 15) is 45.1 Å². The first-order valence-electron chi connectivity index (χ1n) is 13.3. The third-order valence-corrected chi connectivity index (χ3v) is 7.84. The topological polar surface area (TPSA) is 79.8 Å². The lowest BCUT2D eigenvalue weighted by Gasteiger charge is -2.31. The smallest absolute Gasteiger partial charge is 0.418 e. The number of nitrogens with zero attached hydrogens (tertiary/aromatic N) is 3. The maximum Gasteiger partial charge on any atom is 0.418 e. The maximum atomic E-state index is 13.9. The van der Waals surface area contributed by atoms with Crippen molar-refractivity contribution in [3.63, 3.8) is 0 Å². The van der Waals surface area contributed by atoms with Crippen molar-refractivity contribution in [2.75, 3.05) is 13.2 Å². The van der Waals surface area contributed by atoms with E-state index in [1.807, 2.05) is 0 Å². The van der Waals surface area contributed by atoms with E-state index in [1.54, 1.807) is 6.07 Å². The fraction of sp³-hybridized carbons (Fsp3) is 0.333. The van der Waals surface area contributed by atoms with Crippen molar-refractivity contribution in [1.82, 2.24) is 14.8 Å². The van der Waals surface area contributed by atoms with Gasteiger partial charge >= 0.3 is 18.2 Å². The van der Waals surface area contributed by atoms with Crippen molar-refractivity contribution in [1.29, 1.82) is 0 Å². The maximum absolute atomic E-state index is 13.9. The Morgan fingerprint density at radius 2 is 1.75 bits per heavy atom. The lowest BCUT2D eigenvalue weighted by molar-refractivity contribution is -0.187. The Morgan fingerprint density at radius 1 is 1.05 bits per heavy atom. The second kappa shape index (κ2) is 11.2. The molecular formula is C30H24F7N3O4. The fourth-order valence-electron chi connectivity index (χ4n) is 5.34. The SMILES string of the molecule is C[C@H](N(Cc1ccc(F)cc1)C(=O)CN1C(=O)O[C@@]2(CCc3cc(-c4cncc(C(F)(F)CF)c4)ccc32)C1=O)C(F)(F)F. The molecule has 7 nitrogen and oxygen atoms in total. The molecule has 1 aromatic heterocycles. The van der Waals surface area contributed by atoms with Crippen molar-refractivity contribution in [3.05, 3.63) is 89.0 Å². The van der Waals surface area contributed by atoms with E-state index in [0.717, 1.165) is 31.3 Å². The zero-order valence-electron chi connectivity index (χ0n) is 23.0. The normalized spacial score (nSPS) is 18.9. The minimum absolute atomic E-state index is 0.0302. The van der Waals surface area contributed by atoms with E-state index in [-0.39, 0.29) is 29.5 Å². The number of ether oxygens (including phenoxy) is 1. The number of halogens is 7. The van der Waals surface area contributed by atoms with Gasteiger partial charge < -0.3 is 9.64 Å². The van der Waals surface area contributed by atoms with Gasteiger partial charge in [-0.2, -0.15) is 22.0 Å². The van der Waals surface area contributed by atoms with Crippen LogP contribution in [0.1, 0.15) is 35.6 Å². The van der Waals surface area contributed by atoms with Gasteiger partial charge in [-0.15, -0.1) is 0 Å². The molecule has 2 aromatic carbocycles. The highest BCUT2D eigenvalue weighted by Crippen LogP contribution is 2.46. The Kier molecular flexibility index (Phi) is 7.89. The Balaban J connectivity index is 1.39. The number of alkyl halides is 6. The number of aryl methyl sites for hydroxylation is 1. The summed E-state index contributed by atoms with van der Waals surface area (Å²) in [6, 6.07) is 7.79. The van der Waals surface area contributed by atoms with Crippen molar-refractivity contribution >= 4 is 17.9 Å². The summed E-state index contributed by atoms with van der Waals surface area (Å²) >= 11 is 0. The molecule has 2 heterocycles. The van der Waals surface area contributed by atoms with Gasteiger partial charge in [-0.3, -0.25) is 14.6 Å².